The maximum absolute atomic E-state index is 13.9. The molecule has 0 saturated carbocycles. The first-order valence-corrected chi connectivity index (χ1v) is 9.37. The van der Waals surface area contributed by atoms with Crippen LogP contribution in [0.5, 0.6) is 0 Å². The van der Waals surface area contributed by atoms with E-state index >= 15 is 0 Å². The van der Waals surface area contributed by atoms with Crippen molar-refractivity contribution < 1.29 is 53.5 Å². The van der Waals surface area contributed by atoms with E-state index in [-0.39, 0.29) is 11.4 Å². The molecule has 2 N–H and O–H groups in total. The van der Waals surface area contributed by atoms with Gasteiger partial charge in [0.05, 0.1) is 22.8 Å². The molecule has 0 amide bonds. The van der Waals surface area contributed by atoms with Gasteiger partial charge in [0.25, 0.3) is 0 Å². The second kappa shape index (κ2) is 8.70. The summed E-state index contributed by atoms with van der Waals surface area (Å²) in [5, 5.41) is 0. The molecule has 0 aliphatic carbocycles. The van der Waals surface area contributed by atoms with Crippen molar-refractivity contribution in [1.82, 2.24) is 9.97 Å². The number of benzene rings is 2. The molecule has 36 heavy (non-hydrogen) atoms. The molecule has 4 aromatic rings. The Morgan fingerprint density at radius 3 is 0.944 bits per heavy atom. The maximum Gasteiger partial charge on any atom is 0.215 e. The van der Waals surface area contributed by atoms with Crippen LogP contribution in [0.3, 0.4) is 0 Å². The number of hydrogen-bond donors (Lipinski definition) is 2. The van der Waals surface area contributed by atoms with Crippen LogP contribution < -0.4 is 0 Å². The van der Waals surface area contributed by atoms with Crippen molar-refractivity contribution in [2.24, 2.45) is 0 Å². The zero-order valence-corrected chi connectivity index (χ0v) is 16.9. The van der Waals surface area contributed by atoms with Crippen LogP contribution in [0.4, 0.5) is 43.9 Å². The topological polar surface area (TPSA) is 65.7 Å². The van der Waals surface area contributed by atoms with Crippen LogP contribution >= 0.6 is 0 Å². The van der Waals surface area contributed by atoms with E-state index in [1.54, 1.807) is 0 Å². The molecule has 0 bridgehead atoms. The van der Waals surface area contributed by atoms with Crippen LogP contribution in [0.15, 0.2) is 24.3 Å². The number of rotatable bonds is 5. The third kappa shape index (κ3) is 3.65. The summed E-state index contributed by atoms with van der Waals surface area (Å²) in [6, 6.07) is 3.92. The fraction of sp³-hybridized carbons (Fsp3) is 0. The smallest absolute Gasteiger partial charge is 0.215 e. The van der Waals surface area contributed by atoms with Crippen molar-refractivity contribution in [3.8, 4) is 11.4 Å². The van der Waals surface area contributed by atoms with E-state index < -0.39 is 92.3 Å². The lowest BCUT2D eigenvalue weighted by molar-refractivity contribution is 0.101. The molecule has 0 aliphatic rings. The average Bonchev–Trinajstić information content (AvgIpc) is 3.54. The Balaban J connectivity index is 1.69. The quantitative estimate of drug-likeness (QED) is 0.150. The lowest BCUT2D eigenvalue weighted by atomic mass is 10.1. The third-order valence-corrected chi connectivity index (χ3v) is 5.03. The summed E-state index contributed by atoms with van der Waals surface area (Å²) < 4.78 is 136. The molecular formula is C22H6F10N2O2. The number of aromatic amines is 2. The zero-order chi connectivity index (χ0) is 26.6. The van der Waals surface area contributed by atoms with Gasteiger partial charge in [-0.2, -0.15) is 0 Å². The predicted octanol–water partition coefficient (Wildman–Crippen LogP) is 5.86. The Hall–Kier alpha value is -4.36. The zero-order valence-electron chi connectivity index (χ0n) is 16.9. The molecule has 0 saturated heterocycles. The molecule has 0 unspecified atom stereocenters. The van der Waals surface area contributed by atoms with E-state index in [9.17, 15) is 53.5 Å². The molecule has 0 radical (unpaired) electrons. The van der Waals surface area contributed by atoms with Gasteiger partial charge in [0.1, 0.15) is 11.1 Å². The summed E-state index contributed by atoms with van der Waals surface area (Å²) in [5.41, 5.74) is -5.05. The summed E-state index contributed by atoms with van der Waals surface area (Å²) in [7, 11) is 0. The van der Waals surface area contributed by atoms with Gasteiger partial charge in [-0.25, -0.2) is 43.9 Å². The average molecular weight is 520 g/mol. The highest BCUT2D eigenvalue weighted by Gasteiger charge is 2.32. The minimum absolute atomic E-state index is 0.126. The van der Waals surface area contributed by atoms with Crippen LogP contribution in [0.1, 0.15) is 32.1 Å². The van der Waals surface area contributed by atoms with Crippen molar-refractivity contribution in [2.75, 3.05) is 0 Å². The van der Waals surface area contributed by atoms with Gasteiger partial charge in [-0.15, -0.1) is 0 Å². The fourth-order valence-corrected chi connectivity index (χ4v) is 3.25. The van der Waals surface area contributed by atoms with Gasteiger partial charge in [-0.1, -0.05) is 0 Å². The van der Waals surface area contributed by atoms with Gasteiger partial charge >= 0.3 is 0 Å². The number of aromatic nitrogens is 2. The largest absolute Gasteiger partial charge is 0.351 e. The Labute approximate surface area is 192 Å². The highest BCUT2D eigenvalue weighted by Crippen LogP contribution is 2.28. The Morgan fingerprint density at radius 1 is 0.417 bits per heavy atom. The monoisotopic (exact) mass is 520 g/mol. The normalized spacial score (nSPS) is 11.3. The lowest BCUT2D eigenvalue weighted by Crippen LogP contribution is -2.14. The maximum atomic E-state index is 13.9. The summed E-state index contributed by atoms with van der Waals surface area (Å²) in [5.74, 6) is -27.0. The highest BCUT2D eigenvalue weighted by molar-refractivity contribution is 6.09. The minimum Gasteiger partial charge on any atom is -0.351 e. The molecule has 4 nitrogen and oxygen atoms in total. The van der Waals surface area contributed by atoms with Crippen LogP contribution in [0.2, 0.25) is 0 Å². The summed E-state index contributed by atoms with van der Waals surface area (Å²) in [4.78, 5) is 29.4. The van der Waals surface area contributed by atoms with Crippen molar-refractivity contribution in [1.29, 1.82) is 0 Å². The molecule has 2 aromatic heterocycles. The second-order valence-corrected chi connectivity index (χ2v) is 7.12. The van der Waals surface area contributed by atoms with Gasteiger partial charge in [0, 0.05) is 0 Å². The van der Waals surface area contributed by atoms with Crippen molar-refractivity contribution in [3.63, 3.8) is 0 Å². The third-order valence-electron chi connectivity index (χ3n) is 5.03. The number of H-pyrrole nitrogens is 2. The lowest BCUT2D eigenvalue weighted by Gasteiger charge is -2.06. The van der Waals surface area contributed by atoms with Gasteiger partial charge < -0.3 is 9.97 Å². The Morgan fingerprint density at radius 2 is 0.667 bits per heavy atom. The van der Waals surface area contributed by atoms with E-state index in [1.165, 1.54) is 0 Å². The highest BCUT2D eigenvalue weighted by atomic mass is 19.2. The van der Waals surface area contributed by atoms with Crippen molar-refractivity contribution in [3.05, 3.63) is 105 Å². The van der Waals surface area contributed by atoms with Crippen LogP contribution in [0.25, 0.3) is 11.4 Å². The molecule has 0 atom stereocenters. The molecule has 186 valence electrons. The molecular weight excluding hydrogens is 514 g/mol. The summed E-state index contributed by atoms with van der Waals surface area (Å²) >= 11 is 0. The van der Waals surface area contributed by atoms with E-state index in [0.717, 1.165) is 24.3 Å². The molecule has 4 rings (SSSR count). The van der Waals surface area contributed by atoms with E-state index in [2.05, 4.69) is 9.97 Å². The number of ketones is 2. The van der Waals surface area contributed by atoms with Gasteiger partial charge in [0.15, 0.2) is 46.5 Å². The van der Waals surface area contributed by atoms with Gasteiger partial charge in [-0.3, -0.25) is 9.59 Å². The van der Waals surface area contributed by atoms with Gasteiger partial charge in [0.2, 0.25) is 23.2 Å². The first kappa shape index (κ1) is 24.8. The number of halogens is 10. The number of hydrogen-bond acceptors (Lipinski definition) is 2. The molecule has 0 spiro atoms. The second-order valence-electron chi connectivity index (χ2n) is 7.12. The standard InChI is InChI=1S/C22H6F10N2O2/c23-11-9(12(24)16(28)19(31)15(11)27)21(35)7-3-1-5(33-7)6-2-4-8(34-6)22(36)10-13(25)17(29)20(32)18(30)14(10)26/h1-4,33-34H. The Kier molecular flexibility index (Phi) is 5.98. The van der Waals surface area contributed by atoms with E-state index in [0.29, 0.717) is 0 Å². The number of nitrogens with one attached hydrogen (secondary N) is 2. The first-order valence-electron chi connectivity index (χ1n) is 9.37. The molecule has 0 aliphatic heterocycles. The van der Waals surface area contributed by atoms with Crippen LogP contribution in [-0.4, -0.2) is 21.5 Å². The van der Waals surface area contributed by atoms with Crippen molar-refractivity contribution >= 4 is 11.6 Å². The van der Waals surface area contributed by atoms with Gasteiger partial charge in [-0.05, 0) is 24.3 Å². The van der Waals surface area contributed by atoms with Crippen LogP contribution in [0, 0.1) is 58.2 Å². The SMILES string of the molecule is O=C(c1ccc(-c2ccc(C(=O)c3c(F)c(F)c(F)c(F)c3F)[nH]2)[nH]1)c1c(F)c(F)c(F)c(F)c1F. The first-order chi connectivity index (χ1) is 16.9. The predicted molar refractivity (Wildman–Crippen MR) is 99.9 cm³/mol. The Bertz CT molecular complexity index is 1410. The van der Waals surface area contributed by atoms with Crippen LogP contribution in [-0.2, 0) is 0 Å². The van der Waals surface area contributed by atoms with E-state index in [1.807, 2.05) is 0 Å². The molecule has 2 aromatic carbocycles. The molecule has 0 fully saturated rings. The molecule has 14 heteroatoms. The fourth-order valence-electron chi connectivity index (χ4n) is 3.25. The number of carbonyl (C=O) groups is 2. The minimum atomic E-state index is -2.47. The molecule has 2 heterocycles. The van der Waals surface area contributed by atoms with E-state index in [4.69, 9.17) is 0 Å². The summed E-state index contributed by atoms with van der Waals surface area (Å²) in [6.45, 7) is 0. The van der Waals surface area contributed by atoms with Crippen molar-refractivity contribution in [2.45, 2.75) is 0 Å². The number of carbonyl (C=O) groups excluding carboxylic acids is 2. The summed E-state index contributed by atoms with van der Waals surface area (Å²) in [6.07, 6.45) is 0.